The molecule has 0 aliphatic carbocycles. The van der Waals surface area contributed by atoms with Crippen molar-refractivity contribution < 1.29 is 4.79 Å². The van der Waals surface area contributed by atoms with Crippen LogP contribution in [-0.2, 0) is 0 Å². The Balaban J connectivity index is 2.21. The van der Waals surface area contributed by atoms with Crippen molar-refractivity contribution in [1.82, 2.24) is 10.2 Å². The summed E-state index contributed by atoms with van der Waals surface area (Å²) in [5.74, 6) is 0.00150. The van der Waals surface area contributed by atoms with Gasteiger partial charge in [0, 0.05) is 24.2 Å². The first-order valence-corrected chi connectivity index (χ1v) is 7.29. The van der Waals surface area contributed by atoms with Gasteiger partial charge in [0.05, 0.1) is 10.6 Å². The molecular formula is C14H18Cl2N2O. The van der Waals surface area contributed by atoms with Gasteiger partial charge in [0.2, 0.25) is 0 Å². The first-order valence-electron chi connectivity index (χ1n) is 6.54. The molecule has 1 heterocycles. The smallest absolute Gasteiger partial charge is 0.255 e. The zero-order valence-corrected chi connectivity index (χ0v) is 12.5. The molecule has 1 aromatic carbocycles. The first-order chi connectivity index (χ1) is 9.13. The fraction of sp³-hybridized carbons (Fsp3) is 0.500. The summed E-state index contributed by atoms with van der Waals surface area (Å²) in [6, 6.07) is 5.28. The summed E-state index contributed by atoms with van der Waals surface area (Å²) < 4.78 is 0. The molecule has 1 amide bonds. The van der Waals surface area contributed by atoms with Crippen molar-refractivity contribution in [3.8, 4) is 0 Å². The molecule has 0 bridgehead atoms. The van der Waals surface area contributed by atoms with E-state index < -0.39 is 0 Å². The molecule has 0 radical (unpaired) electrons. The number of hydrogen-bond donors (Lipinski definition) is 1. The van der Waals surface area contributed by atoms with E-state index in [0.717, 1.165) is 25.9 Å². The van der Waals surface area contributed by atoms with E-state index in [4.69, 9.17) is 23.2 Å². The van der Waals surface area contributed by atoms with Crippen LogP contribution < -0.4 is 5.32 Å². The fourth-order valence-corrected chi connectivity index (χ4v) is 3.02. The Morgan fingerprint density at radius 2 is 2.21 bits per heavy atom. The number of nitrogens with zero attached hydrogens (tertiary/aromatic N) is 1. The SMILES string of the molecule is CNCC1CCCCN1C(=O)c1ccc(Cl)cc1Cl. The summed E-state index contributed by atoms with van der Waals surface area (Å²) in [7, 11) is 1.91. The second kappa shape index (κ2) is 6.60. The van der Waals surface area contributed by atoms with Crippen molar-refractivity contribution in [2.24, 2.45) is 0 Å². The molecule has 1 aromatic rings. The van der Waals surface area contributed by atoms with Gasteiger partial charge in [-0.1, -0.05) is 23.2 Å². The third-order valence-corrected chi connectivity index (χ3v) is 4.04. The number of benzene rings is 1. The van der Waals surface area contributed by atoms with Gasteiger partial charge in [0.15, 0.2) is 0 Å². The van der Waals surface area contributed by atoms with Gasteiger partial charge >= 0.3 is 0 Å². The van der Waals surface area contributed by atoms with Crippen LogP contribution in [0.25, 0.3) is 0 Å². The quantitative estimate of drug-likeness (QED) is 0.930. The normalized spacial score (nSPS) is 19.5. The highest BCUT2D eigenvalue weighted by atomic mass is 35.5. The lowest BCUT2D eigenvalue weighted by atomic mass is 10.0. The second-order valence-corrected chi connectivity index (χ2v) is 5.67. The Kier molecular flexibility index (Phi) is 5.08. The summed E-state index contributed by atoms with van der Waals surface area (Å²) in [4.78, 5) is 14.5. The fourth-order valence-electron chi connectivity index (χ4n) is 2.53. The number of likely N-dealkylation sites (N-methyl/N-ethyl adjacent to an activating group) is 1. The number of carbonyl (C=O) groups excluding carboxylic acids is 1. The highest BCUT2D eigenvalue weighted by Crippen LogP contribution is 2.25. The lowest BCUT2D eigenvalue weighted by Gasteiger charge is -2.36. The Morgan fingerprint density at radius 3 is 2.89 bits per heavy atom. The molecule has 1 unspecified atom stereocenters. The van der Waals surface area contributed by atoms with Gasteiger partial charge in [-0.3, -0.25) is 4.79 Å². The molecule has 0 aromatic heterocycles. The van der Waals surface area contributed by atoms with E-state index in [1.807, 2.05) is 11.9 Å². The van der Waals surface area contributed by atoms with Crippen LogP contribution in [-0.4, -0.2) is 37.0 Å². The largest absolute Gasteiger partial charge is 0.334 e. The Hall–Kier alpha value is -0.770. The zero-order chi connectivity index (χ0) is 13.8. The minimum absolute atomic E-state index is 0.00150. The van der Waals surface area contributed by atoms with Crippen molar-refractivity contribution in [1.29, 1.82) is 0 Å². The molecular weight excluding hydrogens is 283 g/mol. The zero-order valence-electron chi connectivity index (χ0n) is 11.0. The topological polar surface area (TPSA) is 32.3 Å². The van der Waals surface area contributed by atoms with Crippen molar-refractivity contribution in [3.05, 3.63) is 33.8 Å². The summed E-state index contributed by atoms with van der Waals surface area (Å²) in [5, 5.41) is 4.12. The lowest BCUT2D eigenvalue weighted by molar-refractivity contribution is 0.0615. The van der Waals surface area contributed by atoms with Crippen molar-refractivity contribution in [2.45, 2.75) is 25.3 Å². The van der Waals surface area contributed by atoms with Crippen LogP contribution in [0.5, 0.6) is 0 Å². The van der Waals surface area contributed by atoms with Crippen LogP contribution in [0.15, 0.2) is 18.2 Å². The van der Waals surface area contributed by atoms with Gasteiger partial charge in [-0.15, -0.1) is 0 Å². The predicted octanol–water partition coefficient (Wildman–Crippen LogP) is 3.21. The minimum atomic E-state index is 0.00150. The van der Waals surface area contributed by atoms with Crippen LogP contribution >= 0.6 is 23.2 Å². The van der Waals surface area contributed by atoms with E-state index >= 15 is 0 Å². The van der Waals surface area contributed by atoms with E-state index in [2.05, 4.69) is 5.32 Å². The van der Waals surface area contributed by atoms with Gasteiger partial charge in [0.25, 0.3) is 5.91 Å². The number of piperidine rings is 1. The van der Waals surface area contributed by atoms with Gasteiger partial charge < -0.3 is 10.2 Å². The van der Waals surface area contributed by atoms with Crippen LogP contribution in [0, 0.1) is 0 Å². The third kappa shape index (κ3) is 3.41. The maximum atomic E-state index is 12.6. The maximum Gasteiger partial charge on any atom is 0.255 e. The molecule has 104 valence electrons. The number of nitrogens with one attached hydrogen (secondary N) is 1. The molecule has 1 aliphatic heterocycles. The van der Waals surface area contributed by atoms with Gasteiger partial charge in [-0.05, 0) is 44.5 Å². The number of carbonyl (C=O) groups is 1. The van der Waals surface area contributed by atoms with Crippen molar-refractivity contribution >= 4 is 29.1 Å². The number of halogens is 2. The third-order valence-electron chi connectivity index (χ3n) is 3.49. The van der Waals surface area contributed by atoms with Gasteiger partial charge in [0.1, 0.15) is 0 Å². The standard InChI is InChI=1S/C14H18Cl2N2O/c1-17-9-11-4-2-3-7-18(11)14(19)12-6-5-10(15)8-13(12)16/h5-6,8,11,17H,2-4,7,9H2,1H3. The van der Waals surface area contributed by atoms with E-state index in [-0.39, 0.29) is 11.9 Å². The van der Waals surface area contributed by atoms with Crippen LogP contribution in [0.3, 0.4) is 0 Å². The van der Waals surface area contributed by atoms with E-state index in [0.29, 0.717) is 15.6 Å². The lowest BCUT2D eigenvalue weighted by Crippen LogP contribution is -2.48. The molecule has 0 spiro atoms. The monoisotopic (exact) mass is 300 g/mol. The summed E-state index contributed by atoms with van der Waals surface area (Å²) in [6.07, 6.45) is 3.26. The molecule has 0 saturated carbocycles. The van der Waals surface area contributed by atoms with Crippen molar-refractivity contribution in [3.63, 3.8) is 0 Å². The van der Waals surface area contributed by atoms with E-state index in [1.54, 1.807) is 18.2 Å². The van der Waals surface area contributed by atoms with E-state index in [9.17, 15) is 4.79 Å². The molecule has 2 rings (SSSR count). The van der Waals surface area contributed by atoms with Crippen molar-refractivity contribution in [2.75, 3.05) is 20.1 Å². The number of likely N-dealkylation sites (tertiary alicyclic amines) is 1. The summed E-state index contributed by atoms with van der Waals surface area (Å²) in [6.45, 7) is 1.61. The molecule has 3 nitrogen and oxygen atoms in total. The van der Waals surface area contributed by atoms with Gasteiger partial charge in [-0.25, -0.2) is 0 Å². The molecule has 1 atom stereocenters. The average Bonchev–Trinajstić information content (AvgIpc) is 2.39. The minimum Gasteiger partial charge on any atom is -0.334 e. The highest BCUT2D eigenvalue weighted by Gasteiger charge is 2.27. The highest BCUT2D eigenvalue weighted by molar-refractivity contribution is 6.36. The maximum absolute atomic E-state index is 12.6. The van der Waals surface area contributed by atoms with Gasteiger partial charge in [-0.2, -0.15) is 0 Å². The average molecular weight is 301 g/mol. The molecule has 1 N–H and O–H groups in total. The second-order valence-electron chi connectivity index (χ2n) is 4.83. The molecule has 19 heavy (non-hydrogen) atoms. The van der Waals surface area contributed by atoms with Crippen LogP contribution in [0.2, 0.25) is 10.0 Å². The molecule has 1 fully saturated rings. The molecule has 1 aliphatic rings. The Morgan fingerprint density at radius 1 is 1.42 bits per heavy atom. The number of hydrogen-bond acceptors (Lipinski definition) is 2. The molecule has 5 heteroatoms. The first kappa shape index (κ1) is 14.6. The summed E-state index contributed by atoms with van der Waals surface area (Å²) >= 11 is 12.0. The van der Waals surface area contributed by atoms with Crippen LogP contribution in [0.1, 0.15) is 29.6 Å². The summed E-state index contributed by atoms with van der Waals surface area (Å²) in [5.41, 5.74) is 0.536. The van der Waals surface area contributed by atoms with Crippen LogP contribution in [0.4, 0.5) is 0 Å². The Labute approximate surface area is 123 Å². The van der Waals surface area contributed by atoms with E-state index in [1.165, 1.54) is 6.42 Å². The number of amides is 1. The Bertz CT molecular complexity index is 463. The predicted molar refractivity (Wildman–Crippen MR) is 79.1 cm³/mol. The molecule has 1 saturated heterocycles. The number of rotatable bonds is 3.